The van der Waals surface area contributed by atoms with E-state index >= 15 is 0 Å². The van der Waals surface area contributed by atoms with E-state index in [1.165, 1.54) is 11.3 Å². The highest BCUT2D eigenvalue weighted by Gasteiger charge is 2.34. The zero-order chi connectivity index (χ0) is 17.8. The van der Waals surface area contributed by atoms with Gasteiger partial charge in [0.25, 0.3) is 0 Å². The Morgan fingerprint density at radius 2 is 1.84 bits per heavy atom. The number of H-pyrrole nitrogens is 1. The van der Waals surface area contributed by atoms with E-state index in [1.807, 2.05) is 6.07 Å². The first-order valence-electron chi connectivity index (χ1n) is 9.29. The second-order valence-electron chi connectivity index (χ2n) is 7.96. The Bertz CT molecular complexity index is 977. The van der Waals surface area contributed by atoms with E-state index in [1.54, 1.807) is 0 Å². The van der Waals surface area contributed by atoms with Gasteiger partial charge in [-0.2, -0.15) is 0 Å². The maximum absolute atomic E-state index is 13.0. The maximum atomic E-state index is 13.0. The third kappa shape index (κ3) is 2.45. The van der Waals surface area contributed by atoms with Gasteiger partial charge in [-0.25, -0.2) is 0 Å². The molecular weight excluding hydrogens is 308 g/mol. The number of nitrogens with zero attached hydrogens (tertiary/aromatic N) is 1. The van der Waals surface area contributed by atoms with Crippen LogP contribution in [0.25, 0.3) is 21.8 Å². The van der Waals surface area contributed by atoms with Gasteiger partial charge in [-0.05, 0) is 43.4 Å². The summed E-state index contributed by atoms with van der Waals surface area (Å²) in [5, 5.41) is 2.28. The Kier molecular flexibility index (Phi) is 3.64. The molecule has 1 heterocycles. The Balaban J connectivity index is 2.14. The molecule has 0 radical (unpaired) electrons. The molecule has 0 aliphatic heterocycles. The van der Waals surface area contributed by atoms with E-state index < -0.39 is 0 Å². The largest absolute Gasteiger partial charge is 0.370 e. The Hall–Kier alpha value is -2.29. The van der Waals surface area contributed by atoms with Crippen molar-refractivity contribution < 1.29 is 4.79 Å². The lowest BCUT2D eigenvalue weighted by atomic mass is 9.72. The van der Waals surface area contributed by atoms with Crippen LogP contribution < -0.4 is 4.90 Å². The summed E-state index contributed by atoms with van der Waals surface area (Å²) in [7, 11) is 0. The standard InChI is InChI=1S/C22H26N2O/c1-5-24(6-2)17-11-14-12-22(3,4)13-18(25)19(14)20-15-9-7-8-10-16(15)23-21(17)20/h7-11,23H,5-6,12-13H2,1-4H3. The van der Waals surface area contributed by atoms with Crippen LogP contribution in [0.1, 0.15) is 50.0 Å². The van der Waals surface area contributed by atoms with Crippen molar-refractivity contribution in [1.82, 2.24) is 4.98 Å². The highest BCUT2D eigenvalue weighted by atomic mass is 16.1. The van der Waals surface area contributed by atoms with Crippen LogP contribution in [0.15, 0.2) is 30.3 Å². The van der Waals surface area contributed by atoms with E-state index in [0.717, 1.165) is 46.9 Å². The van der Waals surface area contributed by atoms with E-state index in [9.17, 15) is 4.79 Å². The summed E-state index contributed by atoms with van der Waals surface area (Å²) in [4.78, 5) is 19.0. The van der Waals surface area contributed by atoms with Gasteiger partial charge in [0.15, 0.2) is 5.78 Å². The number of carbonyl (C=O) groups excluding carboxylic acids is 1. The van der Waals surface area contributed by atoms with Crippen LogP contribution in [0.4, 0.5) is 5.69 Å². The highest BCUT2D eigenvalue weighted by molar-refractivity contribution is 6.22. The average Bonchev–Trinajstić information content (AvgIpc) is 2.94. The van der Waals surface area contributed by atoms with Crippen LogP contribution in [-0.2, 0) is 6.42 Å². The van der Waals surface area contributed by atoms with Crippen LogP contribution in [0.3, 0.4) is 0 Å². The summed E-state index contributed by atoms with van der Waals surface area (Å²) in [5.74, 6) is 0.284. The molecule has 25 heavy (non-hydrogen) atoms. The summed E-state index contributed by atoms with van der Waals surface area (Å²) in [6, 6.07) is 10.6. The summed E-state index contributed by atoms with van der Waals surface area (Å²) in [5.41, 5.74) is 5.63. The van der Waals surface area contributed by atoms with Gasteiger partial charge < -0.3 is 9.88 Å². The molecule has 0 amide bonds. The first-order valence-corrected chi connectivity index (χ1v) is 9.29. The molecule has 3 aromatic rings. The molecule has 1 aliphatic carbocycles. The number of aromatic amines is 1. The summed E-state index contributed by atoms with van der Waals surface area (Å²) < 4.78 is 0. The Labute approximate surface area is 149 Å². The summed E-state index contributed by atoms with van der Waals surface area (Å²) >= 11 is 0. The second-order valence-corrected chi connectivity index (χ2v) is 7.96. The molecule has 0 saturated heterocycles. The minimum absolute atomic E-state index is 0.0321. The van der Waals surface area contributed by atoms with Crippen molar-refractivity contribution in [1.29, 1.82) is 0 Å². The average molecular weight is 334 g/mol. The quantitative estimate of drug-likeness (QED) is 0.703. The molecule has 0 fully saturated rings. The molecular formula is C22H26N2O. The van der Waals surface area contributed by atoms with Crippen LogP contribution in [-0.4, -0.2) is 23.9 Å². The number of ketones is 1. The van der Waals surface area contributed by atoms with Gasteiger partial charge in [0.2, 0.25) is 0 Å². The van der Waals surface area contributed by atoms with Gasteiger partial charge in [-0.1, -0.05) is 32.0 Å². The van der Waals surface area contributed by atoms with Crippen molar-refractivity contribution in [2.45, 2.75) is 40.5 Å². The zero-order valence-electron chi connectivity index (χ0n) is 15.6. The molecule has 0 bridgehead atoms. The molecule has 1 aromatic heterocycles. The number of hydrogen-bond donors (Lipinski definition) is 1. The van der Waals surface area contributed by atoms with E-state index in [2.05, 4.69) is 61.8 Å². The van der Waals surface area contributed by atoms with Gasteiger partial charge in [0.05, 0.1) is 11.2 Å². The smallest absolute Gasteiger partial charge is 0.164 e. The number of Topliss-reactive ketones (excluding diaryl/α,β-unsaturated/α-hetero) is 1. The summed E-state index contributed by atoms with van der Waals surface area (Å²) in [6.07, 6.45) is 1.58. The van der Waals surface area contributed by atoms with Crippen molar-refractivity contribution in [3.63, 3.8) is 0 Å². The lowest BCUT2D eigenvalue weighted by molar-refractivity contribution is 0.0914. The molecule has 4 rings (SSSR count). The number of nitrogens with one attached hydrogen (secondary N) is 1. The van der Waals surface area contributed by atoms with Crippen molar-refractivity contribution in [3.05, 3.63) is 41.5 Å². The number of aromatic nitrogens is 1. The number of anilines is 1. The number of carbonyl (C=O) groups is 1. The molecule has 3 heteroatoms. The molecule has 3 nitrogen and oxygen atoms in total. The van der Waals surface area contributed by atoms with Crippen molar-refractivity contribution in [3.8, 4) is 0 Å². The molecule has 0 atom stereocenters. The van der Waals surface area contributed by atoms with Crippen LogP contribution in [0, 0.1) is 5.41 Å². The van der Waals surface area contributed by atoms with Gasteiger partial charge in [-0.15, -0.1) is 0 Å². The first kappa shape index (κ1) is 16.2. The fourth-order valence-electron chi connectivity index (χ4n) is 4.44. The number of para-hydroxylation sites is 1. The fourth-order valence-corrected chi connectivity index (χ4v) is 4.44. The maximum Gasteiger partial charge on any atom is 0.164 e. The third-order valence-corrected chi connectivity index (χ3v) is 5.54. The summed E-state index contributed by atoms with van der Waals surface area (Å²) in [6.45, 7) is 10.7. The highest BCUT2D eigenvalue weighted by Crippen LogP contribution is 2.43. The normalized spacial score (nSPS) is 16.4. The van der Waals surface area contributed by atoms with E-state index in [4.69, 9.17) is 0 Å². The third-order valence-electron chi connectivity index (χ3n) is 5.54. The monoisotopic (exact) mass is 334 g/mol. The van der Waals surface area contributed by atoms with Gasteiger partial charge >= 0.3 is 0 Å². The SMILES string of the molecule is CCN(CC)c1cc2c(c3c1[nH]c1ccccc13)C(=O)CC(C)(C)C2. The second kappa shape index (κ2) is 5.62. The molecule has 1 aliphatic rings. The van der Waals surface area contributed by atoms with Gasteiger partial charge in [0.1, 0.15) is 0 Å². The Morgan fingerprint density at radius 1 is 1.12 bits per heavy atom. The van der Waals surface area contributed by atoms with Crippen molar-refractivity contribution in [2.75, 3.05) is 18.0 Å². The van der Waals surface area contributed by atoms with Gasteiger partial charge in [-0.3, -0.25) is 4.79 Å². The van der Waals surface area contributed by atoms with Crippen molar-refractivity contribution in [2.24, 2.45) is 5.41 Å². The van der Waals surface area contributed by atoms with Crippen LogP contribution in [0.2, 0.25) is 0 Å². The predicted octanol–water partition coefficient (Wildman–Crippen LogP) is 5.32. The van der Waals surface area contributed by atoms with Crippen molar-refractivity contribution >= 4 is 33.3 Å². The topological polar surface area (TPSA) is 36.1 Å². The van der Waals surface area contributed by atoms with E-state index in [0.29, 0.717) is 6.42 Å². The lowest BCUT2D eigenvalue weighted by Crippen LogP contribution is -2.28. The fraction of sp³-hybridized carbons (Fsp3) is 0.409. The first-order chi connectivity index (χ1) is 11.9. The number of rotatable bonds is 3. The number of fused-ring (bicyclic) bond motifs is 5. The molecule has 2 aromatic carbocycles. The predicted molar refractivity (Wildman–Crippen MR) is 106 cm³/mol. The van der Waals surface area contributed by atoms with Gasteiger partial charge in [0, 0.05) is 41.4 Å². The minimum Gasteiger partial charge on any atom is -0.370 e. The zero-order valence-corrected chi connectivity index (χ0v) is 15.6. The molecule has 0 saturated carbocycles. The lowest BCUT2D eigenvalue weighted by Gasteiger charge is -2.32. The molecule has 0 unspecified atom stereocenters. The number of hydrogen-bond acceptors (Lipinski definition) is 2. The Morgan fingerprint density at radius 3 is 2.56 bits per heavy atom. The number of benzene rings is 2. The molecule has 0 spiro atoms. The van der Waals surface area contributed by atoms with E-state index in [-0.39, 0.29) is 11.2 Å². The minimum atomic E-state index is 0.0321. The van der Waals surface area contributed by atoms with Crippen LogP contribution in [0.5, 0.6) is 0 Å². The molecule has 130 valence electrons. The molecule has 1 N–H and O–H groups in total. The van der Waals surface area contributed by atoms with Crippen LogP contribution >= 0.6 is 0 Å².